The third-order valence-electron chi connectivity index (χ3n) is 3.22. The molecule has 1 aliphatic rings. The highest BCUT2D eigenvalue weighted by atomic mass is 16.2. The maximum absolute atomic E-state index is 11.6. The zero-order valence-corrected chi connectivity index (χ0v) is 9.49. The van der Waals surface area contributed by atoms with Crippen LogP contribution in [0, 0.1) is 5.92 Å². The predicted molar refractivity (Wildman–Crippen MR) is 59.0 cm³/mol. The van der Waals surface area contributed by atoms with Gasteiger partial charge in [0.25, 0.3) is 0 Å². The van der Waals surface area contributed by atoms with Gasteiger partial charge in [-0.05, 0) is 31.8 Å². The van der Waals surface area contributed by atoms with E-state index in [0.29, 0.717) is 12.0 Å². The molecule has 0 N–H and O–H groups in total. The zero-order valence-electron chi connectivity index (χ0n) is 9.49. The van der Waals surface area contributed by atoms with Gasteiger partial charge in [-0.25, -0.2) is 0 Å². The summed E-state index contributed by atoms with van der Waals surface area (Å²) in [6.07, 6.45) is 8.48. The van der Waals surface area contributed by atoms with Crippen LogP contribution >= 0.6 is 0 Å². The van der Waals surface area contributed by atoms with Gasteiger partial charge in [-0.15, -0.1) is 0 Å². The van der Waals surface area contributed by atoms with Gasteiger partial charge in [-0.1, -0.05) is 25.8 Å². The molecule has 0 bridgehead atoms. The molecule has 80 valence electrons. The number of carbonyl (C=O) groups excluding carboxylic acids is 1. The van der Waals surface area contributed by atoms with Crippen molar-refractivity contribution < 1.29 is 4.79 Å². The quantitative estimate of drug-likeness (QED) is 0.620. The highest BCUT2D eigenvalue weighted by molar-refractivity contribution is 5.87. The molecule has 0 aromatic heterocycles. The number of amides is 1. The first-order valence-corrected chi connectivity index (χ1v) is 5.56. The molecule has 0 aromatic carbocycles. The lowest BCUT2D eigenvalue weighted by Crippen LogP contribution is -2.41. The van der Waals surface area contributed by atoms with Crippen LogP contribution < -0.4 is 0 Å². The summed E-state index contributed by atoms with van der Waals surface area (Å²) < 4.78 is 0. The van der Waals surface area contributed by atoms with Crippen LogP contribution in [0.1, 0.15) is 39.5 Å². The van der Waals surface area contributed by atoms with Gasteiger partial charge < -0.3 is 4.90 Å². The van der Waals surface area contributed by atoms with Crippen LogP contribution in [-0.4, -0.2) is 23.9 Å². The lowest BCUT2D eigenvalue weighted by molar-refractivity contribution is -0.128. The molecule has 0 aromatic rings. The smallest absolute Gasteiger partial charge is 0.246 e. The normalized spacial score (nSPS) is 27.9. The van der Waals surface area contributed by atoms with Crippen molar-refractivity contribution in [3.8, 4) is 0 Å². The fourth-order valence-corrected chi connectivity index (χ4v) is 2.30. The Kier molecular flexibility index (Phi) is 4.18. The minimum atomic E-state index is 0.145. The highest BCUT2D eigenvalue weighted by Crippen LogP contribution is 2.27. The Balaban J connectivity index is 2.57. The molecule has 1 fully saturated rings. The molecule has 1 amide bonds. The van der Waals surface area contributed by atoms with Crippen molar-refractivity contribution in [1.29, 1.82) is 0 Å². The number of allylic oxidation sites excluding steroid dienone is 1. The fraction of sp³-hybridized carbons (Fsp3) is 0.750. The third-order valence-corrected chi connectivity index (χ3v) is 3.22. The van der Waals surface area contributed by atoms with Gasteiger partial charge >= 0.3 is 0 Å². The molecule has 2 unspecified atom stereocenters. The van der Waals surface area contributed by atoms with Gasteiger partial charge in [-0.2, -0.15) is 0 Å². The molecule has 1 aliphatic carbocycles. The molecule has 0 spiro atoms. The summed E-state index contributed by atoms with van der Waals surface area (Å²) in [4.78, 5) is 13.5. The molecule has 14 heavy (non-hydrogen) atoms. The Bertz CT molecular complexity index is 222. The van der Waals surface area contributed by atoms with Crippen LogP contribution in [0.5, 0.6) is 0 Å². The maximum Gasteiger partial charge on any atom is 0.246 e. The molecular formula is C12H21NO. The monoisotopic (exact) mass is 195 g/mol. The standard InChI is InChI=1S/C12H21NO/c1-4-7-12(14)13(3)11-9-6-5-8-10(11)2/h4,7,10-11H,5-6,8-9H2,1-3H3. The van der Waals surface area contributed by atoms with Crippen LogP contribution in [0.15, 0.2) is 12.2 Å². The van der Waals surface area contributed by atoms with Gasteiger partial charge in [0.2, 0.25) is 5.91 Å². The molecule has 2 heteroatoms. The second-order valence-corrected chi connectivity index (χ2v) is 4.28. The second-order valence-electron chi connectivity index (χ2n) is 4.28. The lowest BCUT2D eigenvalue weighted by atomic mass is 9.85. The summed E-state index contributed by atoms with van der Waals surface area (Å²) in [5.41, 5.74) is 0. The van der Waals surface area contributed by atoms with E-state index < -0.39 is 0 Å². The topological polar surface area (TPSA) is 20.3 Å². The number of hydrogen-bond acceptors (Lipinski definition) is 1. The SMILES string of the molecule is CC=CC(=O)N(C)C1CCCCC1C. The summed E-state index contributed by atoms with van der Waals surface area (Å²) in [5.74, 6) is 0.800. The molecule has 1 saturated carbocycles. The Hall–Kier alpha value is -0.790. The Morgan fingerprint density at radius 3 is 2.57 bits per heavy atom. The van der Waals surface area contributed by atoms with Crippen LogP contribution in [0.3, 0.4) is 0 Å². The van der Waals surface area contributed by atoms with E-state index in [9.17, 15) is 4.79 Å². The van der Waals surface area contributed by atoms with E-state index in [1.165, 1.54) is 25.7 Å². The van der Waals surface area contributed by atoms with Crippen molar-refractivity contribution in [1.82, 2.24) is 4.90 Å². The van der Waals surface area contributed by atoms with E-state index in [4.69, 9.17) is 0 Å². The molecule has 0 radical (unpaired) electrons. The zero-order chi connectivity index (χ0) is 10.6. The van der Waals surface area contributed by atoms with E-state index in [2.05, 4.69) is 6.92 Å². The van der Waals surface area contributed by atoms with Crippen LogP contribution in [-0.2, 0) is 4.79 Å². The van der Waals surface area contributed by atoms with Gasteiger partial charge in [0, 0.05) is 13.1 Å². The van der Waals surface area contributed by atoms with Gasteiger partial charge in [-0.3, -0.25) is 4.79 Å². The van der Waals surface area contributed by atoms with Gasteiger partial charge in [0.15, 0.2) is 0 Å². The first-order chi connectivity index (χ1) is 6.66. The van der Waals surface area contributed by atoms with Crippen molar-refractivity contribution in [2.75, 3.05) is 7.05 Å². The molecule has 2 nitrogen and oxygen atoms in total. The van der Waals surface area contributed by atoms with Crippen molar-refractivity contribution in [2.45, 2.75) is 45.6 Å². The lowest BCUT2D eigenvalue weighted by Gasteiger charge is -2.35. The summed E-state index contributed by atoms with van der Waals surface area (Å²) in [6.45, 7) is 4.14. The number of carbonyl (C=O) groups is 1. The van der Waals surface area contributed by atoms with E-state index >= 15 is 0 Å². The minimum absolute atomic E-state index is 0.145. The van der Waals surface area contributed by atoms with E-state index in [0.717, 1.165) is 0 Å². The third kappa shape index (κ3) is 2.60. The van der Waals surface area contributed by atoms with Gasteiger partial charge in [0.1, 0.15) is 0 Å². The van der Waals surface area contributed by atoms with E-state index in [-0.39, 0.29) is 5.91 Å². The number of likely N-dealkylation sites (N-methyl/N-ethyl adjacent to an activating group) is 1. The van der Waals surface area contributed by atoms with Crippen molar-refractivity contribution in [3.63, 3.8) is 0 Å². The largest absolute Gasteiger partial charge is 0.339 e. The summed E-state index contributed by atoms with van der Waals surface area (Å²) in [5, 5.41) is 0. The van der Waals surface area contributed by atoms with Crippen LogP contribution in [0.25, 0.3) is 0 Å². The first kappa shape index (κ1) is 11.3. The molecule has 0 heterocycles. The average molecular weight is 195 g/mol. The van der Waals surface area contributed by atoms with Crippen LogP contribution in [0.2, 0.25) is 0 Å². The Labute approximate surface area is 87.0 Å². The highest BCUT2D eigenvalue weighted by Gasteiger charge is 2.26. The maximum atomic E-state index is 11.6. The molecule has 2 atom stereocenters. The molecule has 0 saturated heterocycles. The average Bonchev–Trinajstić information content (AvgIpc) is 2.18. The first-order valence-electron chi connectivity index (χ1n) is 5.56. The minimum Gasteiger partial charge on any atom is -0.339 e. The number of rotatable bonds is 2. The number of hydrogen-bond donors (Lipinski definition) is 0. The predicted octanol–water partition coefficient (Wildman–Crippen LogP) is 2.60. The summed E-state index contributed by atoms with van der Waals surface area (Å²) in [7, 11) is 1.93. The van der Waals surface area contributed by atoms with Crippen molar-refractivity contribution in [2.24, 2.45) is 5.92 Å². The van der Waals surface area contributed by atoms with E-state index in [1.54, 1.807) is 6.08 Å². The summed E-state index contributed by atoms with van der Waals surface area (Å²) >= 11 is 0. The molecule has 1 rings (SSSR count). The van der Waals surface area contributed by atoms with Crippen LogP contribution in [0.4, 0.5) is 0 Å². The van der Waals surface area contributed by atoms with E-state index in [1.807, 2.05) is 24.9 Å². The fourth-order valence-electron chi connectivity index (χ4n) is 2.30. The van der Waals surface area contributed by atoms with Crippen molar-refractivity contribution in [3.05, 3.63) is 12.2 Å². The van der Waals surface area contributed by atoms with Gasteiger partial charge in [0.05, 0.1) is 0 Å². The molecule has 0 aliphatic heterocycles. The second kappa shape index (κ2) is 5.18. The van der Waals surface area contributed by atoms with Crippen molar-refractivity contribution >= 4 is 5.91 Å². The number of nitrogens with zero attached hydrogens (tertiary/aromatic N) is 1. The Morgan fingerprint density at radius 1 is 1.36 bits per heavy atom. The summed E-state index contributed by atoms with van der Waals surface area (Å²) in [6, 6.07) is 0.451. The Morgan fingerprint density at radius 2 is 2.00 bits per heavy atom. The molecular weight excluding hydrogens is 174 g/mol.